The molecule has 80 valence electrons. The van der Waals surface area contributed by atoms with Gasteiger partial charge in [0, 0.05) is 0 Å². The minimum absolute atomic E-state index is 0.853. The normalized spacial score (nSPS) is 35.1. The average molecular weight is 200 g/mol. The van der Waals surface area contributed by atoms with Gasteiger partial charge in [0.1, 0.15) is 0 Å². The van der Waals surface area contributed by atoms with Crippen molar-refractivity contribution in [3.05, 3.63) is 35.5 Å². The third-order valence-electron chi connectivity index (χ3n) is 4.38. The summed E-state index contributed by atoms with van der Waals surface area (Å²) in [5.41, 5.74) is 4.66. The lowest BCUT2D eigenvalue weighted by molar-refractivity contribution is 0.363. The van der Waals surface area contributed by atoms with Crippen LogP contribution in [0.4, 0.5) is 0 Å². The Bertz CT molecular complexity index is 343. The summed E-state index contributed by atoms with van der Waals surface area (Å²) in [7, 11) is 0. The highest BCUT2D eigenvalue weighted by Gasteiger charge is 2.31. The van der Waals surface area contributed by atoms with E-state index >= 15 is 0 Å². The number of hydrogen-bond donors (Lipinski definition) is 0. The van der Waals surface area contributed by atoms with Gasteiger partial charge in [-0.25, -0.2) is 0 Å². The second-order valence-corrected chi connectivity index (χ2v) is 5.36. The van der Waals surface area contributed by atoms with Crippen LogP contribution in [0.1, 0.15) is 44.9 Å². The standard InChI is InChI=1S/C15H20/c1-11-5-4-8-14-9-12-6-2-3-7-13(12)10-15(11)14/h7,10,12,14H,1-6,8-9H2. The zero-order valence-electron chi connectivity index (χ0n) is 9.47. The maximum Gasteiger partial charge on any atom is -0.0153 e. The third kappa shape index (κ3) is 1.60. The number of fused-ring (bicyclic) bond motifs is 2. The van der Waals surface area contributed by atoms with Crippen molar-refractivity contribution in [2.24, 2.45) is 11.8 Å². The number of rotatable bonds is 0. The van der Waals surface area contributed by atoms with Crippen molar-refractivity contribution in [3.63, 3.8) is 0 Å². The summed E-state index contributed by atoms with van der Waals surface area (Å²) in [5, 5.41) is 0. The molecule has 1 fully saturated rings. The molecule has 0 aromatic heterocycles. The fourth-order valence-corrected chi connectivity index (χ4v) is 3.54. The molecule has 0 bridgehead atoms. The van der Waals surface area contributed by atoms with E-state index in [0.717, 1.165) is 11.8 Å². The van der Waals surface area contributed by atoms with Gasteiger partial charge in [-0.05, 0) is 67.9 Å². The van der Waals surface area contributed by atoms with Crippen LogP contribution in [0.15, 0.2) is 35.5 Å². The SMILES string of the molecule is C=C1CCCC2CC3CCCC=C3C=C12. The van der Waals surface area contributed by atoms with Gasteiger partial charge in [0.05, 0.1) is 0 Å². The first-order valence-electron chi connectivity index (χ1n) is 6.44. The monoisotopic (exact) mass is 200 g/mol. The predicted molar refractivity (Wildman–Crippen MR) is 64.6 cm³/mol. The van der Waals surface area contributed by atoms with Crippen LogP contribution < -0.4 is 0 Å². The third-order valence-corrected chi connectivity index (χ3v) is 4.38. The lowest BCUT2D eigenvalue weighted by Gasteiger charge is -2.37. The Labute approximate surface area is 92.8 Å². The lowest BCUT2D eigenvalue weighted by atomic mass is 9.68. The van der Waals surface area contributed by atoms with Gasteiger partial charge in [-0.3, -0.25) is 0 Å². The minimum Gasteiger partial charge on any atom is -0.0955 e. The maximum absolute atomic E-state index is 4.24. The molecule has 0 aromatic carbocycles. The van der Waals surface area contributed by atoms with Crippen molar-refractivity contribution in [1.29, 1.82) is 0 Å². The van der Waals surface area contributed by atoms with Crippen molar-refractivity contribution in [2.45, 2.75) is 44.9 Å². The molecular formula is C15H20. The fraction of sp³-hybridized carbons (Fsp3) is 0.600. The van der Waals surface area contributed by atoms with E-state index < -0.39 is 0 Å². The van der Waals surface area contributed by atoms with E-state index in [9.17, 15) is 0 Å². The highest BCUT2D eigenvalue weighted by Crippen LogP contribution is 2.45. The molecule has 0 radical (unpaired) electrons. The van der Waals surface area contributed by atoms with E-state index in [4.69, 9.17) is 0 Å². The Hall–Kier alpha value is -0.780. The smallest absolute Gasteiger partial charge is 0.0153 e. The quantitative estimate of drug-likeness (QED) is 0.543. The van der Waals surface area contributed by atoms with Gasteiger partial charge in [0.15, 0.2) is 0 Å². The Balaban J connectivity index is 1.96. The molecule has 0 spiro atoms. The van der Waals surface area contributed by atoms with Crippen molar-refractivity contribution in [1.82, 2.24) is 0 Å². The van der Waals surface area contributed by atoms with Crippen LogP contribution >= 0.6 is 0 Å². The largest absolute Gasteiger partial charge is 0.0955 e. The van der Waals surface area contributed by atoms with Crippen LogP contribution in [0.3, 0.4) is 0 Å². The summed E-state index contributed by atoms with van der Waals surface area (Å²) >= 11 is 0. The first-order chi connectivity index (χ1) is 7.34. The number of hydrogen-bond acceptors (Lipinski definition) is 0. The highest BCUT2D eigenvalue weighted by molar-refractivity contribution is 5.43. The van der Waals surface area contributed by atoms with Crippen LogP contribution in [0.5, 0.6) is 0 Å². The summed E-state index contributed by atoms with van der Waals surface area (Å²) in [4.78, 5) is 0. The molecule has 0 saturated heterocycles. The van der Waals surface area contributed by atoms with Crippen LogP contribution in [0, 0.1) is 11.8 Å². The molecule has 0 heteroatoms. The summed E-state index contributed by atoms with van der Waals surface area (Å²) in [6, 6.07) is 0. The Morgan fingerprint density at radius 3 is 2.93 bits per heavy atom. The minimum atomic E-state index is 0.853. The zero-order chi connectivity index (χ0) is 10.3. The molecule has 1 saturated carbocycles. The van der Waals surface area contributed by atoms with Crippen molar-refractivity contribution in [2.75, 3.05) is 0 Å². The fourth-order valence-electron chi connectivity index (χ4n) is 3.54. The van der Waals surface area contributed by atoms with E-state index in [2.05, 4.69) is 18.7 Å². The van der Waals surface area contributed by atoms with Crippen molar-refractivity contribution in [3.8, 4) is 0 Å². The van der Waals surface area contributed by atoms with Crippen molar-refractivity contribution < 1.29 is 0 Å². The van der Waals surface area contributed by atoms with Gasteiger partial charge < -0.3 is 0 Å². The summed E-state index contributed by atoms with van der Waals surface area (Å²) in [5.74, 6) is 1.74. The highest BCUT2D eigenvalue weighted by atomic mass is 14.4. The molecule has 2 unspecified atom stereocenters. The van der Waals surface area contributed by atoms with Crippen LogP contribution in [0.25, 0.3) is 0 Å². The lowest BCUT2D eigenvalue weighted by Crippen LogP contribution is -2.23. The van der Waals surface area contributed by atoms with E-state index in [-0.39, 0.29) is 0 Å². The Morgan fingerprint density at radius 2 is 2.00 bits per heavy atom. The van der Waals surface area contributed by atoms with Gasteiger partial charge in [0.25, 0.3) is 0 Å². The first kappa shape index (κ1) is 9.45. The molecule has 3 aliphatic carbocycles. The summed E-state index contributed by atoms with van der Waals surface area (Å²) in [6.07, 6.45) is 14.5. The molecule has 3 rings (SSSR count). The first-order valence-corrected chi connectivity index (χ1v) is 6.44. The molecule has 3 aliphatic rings. The predicted octanol–water partition coefficient (Wildman–Crippen LogP) is 4.40. The second kappa shape index (κ2) is 3.66. The molecule has 15 heavy (non-hydrogen) atoms. The van der Waals surface area contributed by atoms with Crippen LogP contribution in [0.2, 0.25) is 0 Å². The average Bonchev–Trinajstić information content (AvgIpc) is 2.27. The van der Waals surface area contributed by atoms with Crippen LogP contribution in [-0.4, -0.2) is 0 Å². The maximum atomic E-state index is 4.24. The van der Waals surface area contributed by atoms with E-state index in [1.807, 2.05) is 0 Å². The van der Waals surface area contributed by atoms with Gasteiger partial charge in [-0.2, -0.15) is 0 Å². The molecule has 0 heterocycles. The number of allylic oxidation sites excluding steroid dienone is 5. The van der Waals surface area contributed by atoms with Crippen LogP contribution in [-0.2, 0) is 0 Å². The molecule has 0 aliphatic heterocycles. The summed E-state index contributed by atoms with van der Waals surface area (Å²) < 4.78 is 0. The van der Waals surface area contributed by atoms with Gasteiger partial charge in [-0.1, -0.05) is 24.3 Å². The Morgan fingerprint density at radius 1 is 1.13 bits per heavy atom. The van der Waals surface area contributed by atoms with Gasteiger partial charge in [0.2, 0.25) is 0 Å². The van der Waals surface area contributed by atoms with Crippen molar-refractivity contribution >= 4 is 0 Å². The molecule has 0 N–H and O–H groups in total. The van der Waals surface area contributed by atoms with E-state index in [0.29, 0.717) is 0 Å². The Kier molecular flexibility index (Phi) is 2.31. The van der Waals surface area contributed by atoms with E-state index in [1.165, 1.54) is 50.5 Å². The van der Waals surface area contributed by atoms with Gasteiger partial charge >= 0.3 is 0 Å². The molecule has 2 atom stereocenters. The topological polar surface area (TPSA) is 0 Å². The molecule has 0 aromatic rings. The zero-order valence-corrected chi connectivity index (χ0v) is 9.47. The summed E-state index contributed by atoms with van der Waals surface area (Å²) in [6.45, 7) is 4.24. The second-order valence-electron chi connectivity index (χ2n) is 5.36. The molecule has 0 nitrogen and oxygen atoms in total. The molecular weight excluding hydrogens is 180 g/mol. The molecule has 0 amide bonds. The van der Waals surface area contributed by atoms with E-state index in [1.54, 1.807) is 11.1 Å². The van der Waals surface area contributed by atoms with Gasteiger partial charge in [-0.15, -0.1) is 0 Å².